The van der Waals surface area contributed by atoms with E-state index in [9.17, 15) is 4.79 Å². The van der Waals surface area contributed by atoms with Crippen LogP contribution in [-0.4, -0.2) is 38.7 Å². The summed E-state index contributed by atoms with van der Waals surface area (Å²) < 4.78 is 1.42. The standard InChI is InChI=1S/C7H12N4O2/c1-6(5-12)9-7(13)4-11-3-2-8-10-11/h2-3,6,12H,4-5H2,1H3,(H,9,13). The van der Waals surface area contributed by atoms with Gasteiger partial charge in [-0.05, 0) is 6.92 Å². The van der Waals surface area contributed by atoms with Gasteiger partial charge in [0.25, 0.3) is 0 Å². The van der Waals surface area contributed by atoms with E-state index in [-0.39, 0.29) is 25.1 Å². The SMILES string of the molecule is CC(CO)NC(=O)Cn1ccnn1. The Balaban J connectivity index is 2.34. The van der Waals surface area contributed by atoms with Crippen molar-refractivity contribution < 1.29 is 9.90 Å². The lowest BCUT2D eigenvalue weighted by Gasteiger charge is -2.09. The van der Waals surface area contributed by atoms with Crippen LogP contribution in [0.2, 0.25) is 0 Å². The predicted molar refractivity (Wildman–Crippen MR) is 44.7 cm³/mol. The maximum absolute atomic E-state index is 11.2. The Morgan fingerprint density at radius 1 is 1.77 bits per heavy atom. The summed E-state index contributed by atoms with van der Waals surface area (Å²) >= 11 is 0. The minimum absolute atomic E-state index is 0.0664. The zero-order valence-electron chi connectivity index (χ0n) is 7.34. The third kappa shape index (κ3) is 3.20. The molecule has 1 aromatic rings. The van der Waals surface area contributed by atoms with Gasteiger partial charge in [-0.3, -0.25) is 4.79 Å². The summed E-state index contributed by atoms with van der Waals surface area (Å²) in [5.74, 6) is -0.188. The number of aliphatic hydroxyl groups excluding tert-OH is 1. The highest BCUT2D eigenvalue weighted by Crippen LogP contribution is 1.83. The molecule has 1 atom stereocenters. The minimum atomic E-state index is -0.226. The zero-order valence-corrected chi connectivity index (χ0v) is 7.34. The van der Waals surface area contributed by atoms with E-state index in [1.807, 2.05) is 0 Å². The van der Waals surface area contributed by atoms with Crippen LogP contribution in [0.25, 0.3) is 0 Å². The van der Waals surface area contributed by atoms with Crippen molar-refractivity contribution in [2.24, 2.45) is 0 Å². The number of carbonyl (C=O) groups excluding carboxylic acids is 1. The highest BCUT2D eigenvalue weighted by molar-refractivity contribution is 5.75. The highest BCUT2D eigenvalue weighted by atomic mass is 16.3. The smallest absolute Gasteiger partial charge is 0.242 e. The number of hydrogen-bond acceptors (Lipinski definition) is 4. The Kier molecular flexibility index (Phi) is 3.39. The van der Waals surface area contributed by atoms with Gasteiger partial charge in [0.15, 0.2) is 0 Å². The van der Waals surface area contributed by atoms with Gasteiger partial charge in [0.1, 0.15) is 6.54 Å². The van der Waals surface area contributed by atoms with Gasteiger partial charge in [0.05, 0.1) is 12.8 Å². The first-order valence-corrected chi connectivity index (χ1v) is 3.96. The maximum Gasteiger partial charge on any atom is 0.242 e. The molecule has 2 N–H and O–H groups in total. The summed E-state index contributed by atoms with van der Waals surface area (Å²) in [5.41, 5.74) is 0. The van der Waals surface area contributed by atoms with Gasteiger partial charge in [0, 0.05) is 12.2 Å². The molecule has 1 rings (SSSR count). The molecule has 6 heteroatoms. The molecule has 0 aromatic carbocycles. The zero-order chi connectivity index (χ0) is 9.68. The maximum atomic E-state index is 11.2. The van der Waals surface area contributed by atoms with Crippen molar-refractivity contribution in [3.8, 4) is 0 Å². The first-order valence-electron chi connectivity index (χ1n) is 3.96. The normalized spacial score (nSPS) is 12.5. The molecule has 13 heavy (non-hydrogen) atoms. The number of aromatic nitrogens is 3. The van der Waals surface area contributed by atoms with Crippen molar-refractivity contribution in [1.29, 1.82) is 0 Å². The van der Waals surface area contributed by atoms with Crippen LogP contribution in [0.15, 0.2) is 12.4 Å². The molecule has 72 valence electrons. The van der Waals surface area contributed by atoms with Crippen LogP contribution in [0, 0.1) is 0 Å². The van der Waals surface area contributed by atoms with E-state index >= 15 is 0 Å². The Morgan fingerprint density at radius 2 is 2.54 bits per heavy atom. The van der Waals surface area contributed by atoms with Crippen molar-refractivity contribution in [2.45, 2.75) is 19.5 Å². The van der Waals surface area contributed by atoms with E-state index in [0.29, 0.717) is 0 Å². The molecule has 0 saturated carbocycles. The molecule has 6 nitrogen and oxygen atoms in total. The van der Waals surface area contributed by atoms with Crippen LogP contribution < -0.4 is 5.32 Å². The molecule has 0 radical (unpaired) electrons. The van der Waals surface area contributed by atoms with Crippen LogP contribution in [0.3, 0.4) is 0 Å². The van der Waals surface area contributed by atoms with Crippen molar-refractivity contribution in [3.05, 3.63) is 12.4 Å². The Hall–Kier alpha value is -1.43. The van der Waals surface area contributed by atoms with Crippen molar-refractivity contribution in [1.82, 2.24) is 20.3 Å². The van der Waals surface area contributed by atoms with Crippen molar-refractivity contribution >= 4 is 5.91 Å². The number of rotatable bonds is 4. The molecule has 0 saturated heterocycles. The van der Waals surface area contributed by atoms with Gasteiger partial charge >= 0.3 is 0 Å². The second-order valence-corrected chi connectivity index (χ2v) is 2.75. The number of aliphatic hydroxyl groups is 1. The topological polar surface area (TPSA) is 80.0 Å². The predicted octanol–water partition coefficient (Wildman–Crippen LogP) is -1.22. The van der Waals surface area contributed by atoms with E-state index < -0.39 is 0 Å². The number of nitrogens with one attached hydrogen (secondary N) is 1. The quantitative estimate of drug-likeness (QED) is 0.614. The fourth-order valence-corrected chi connectivity index (χ4v) is 0.830. The van der Waals surface area contributed by atoms with Crippen LogP contribution in [-0.2, 0) is 11.3 Å². The molecule has 1 unspecified atom stereocenters. The van der Waals surface area contributed by atoms with Crippen molar-refractivity contribution in [3.63, 3.8) is 0 Å². The molecule has 1 amide bonds. The Morgan fingerprint density at radius 3 is 3.08 bits per heavy atom. The third-order valence-corrected chi connectivity index (χ3v) is 1.46. The molecule has 0 aliphatic rings. The van der Waals surface area contributed by atoms with E-state index in [4.69, 9.17) is 5.11 Å². The largest absolute Gasteiger partial charge is 0.394 e. The first-order chi connectivity index (χ1) is 6.22. The molecule has 0 fully saturated rings. The molecule has 0 aliphatic carbocycles. The van der Waals surface area contributed by atoms with E-state index in [2.05, 4.69) is 15.6 Å². The molecule has 0 bridgehead atoms. The van der Waals surface area contributed by atoms with Gasteiger partial charge in [0.2, 0.25) is 5.91 Å². The number of hydrogen-bond donors (Lipinski definition) is 2. The highest BCUT2D eigenvalue weighted by Gasteiger charge is 2.06. The lowest BCUT2D eigenvalue weighted by atomic mass is 10.3. The molecular formula is C7H12N4O2. The number of nitrogens with zero attached hydrogens (tertiary/aromatic N) is 3. The molecule has 1 heterocycles. The second kappa shape index (κ2) is 4.56. The van der Waals surface area contributed by atoms with E-state index in [0.717, 1.165) is 0 Å². The molecule has 0 aliphatic heterocycles. The lowest BCUT2D eigenvalue weighted by molar-refractivity contribution is -0.122. The average Bonchev–Trinajstić information content (AvgIpc) is 2.56. The summed E-state index contributed by atoms with van der Waals surface area (Å²) in [6, 6.07) is -0.226. The van der Waals surface area contributed by atoms with Crippen LogP contribution in [0.4, 0.5) is 0 Å². The fraction of sp³-hybridized carbons (Fsp3) is 0.571. The van der Waals surface area contributed by atoms with Gasteiger partial charge in [-0.2, -0.15) is 0 Å². The second-order valence-electron chi connectivity index (χ2n) is 2.75. The lowest BCUT2D eigenvalue weighted by Crippen LogP contribution is -2.37. The van der Waals surface area contributed by atoms with E-state index in [1.54, 1.807) is 13.1 Å². The fourth-order valence-electron chi connectivity index (χ4n) is 0.830. The van der Waals surface area contributed by atoms with Gasteiger partial charge in [-0.15, -0.1) is 5.10 Å². The van der Waals surface area contributed by atoms with Gasteiger partial charge in [-0.25, -0.2) is 4.68 Å². The average molecular weight is 184 g/mol. The van der Waals surface area contributed by atoms with Crippen molar-refractivity contribution in [2.75, 3.05) is 6.61 Å². The summed E-state index contributed by atoms with van der Waals surface area (Å²) in [4.78, 5) is 11.2. The summed E-state index contributed by atoms with van der Waals surface area (Å²) in [7, 11) is 0. The summed E-state index contributed by atoms with van der Waals surface area (Å²) in [6.45, 7) is 1.78. The minimum Gasteiger partial charge on any atom is -0.394 e. The Bertz CT molecular complexity index is 259. The number of carbonyl (C=O) groups is 1. The van der Waals surface area contributed by atoms with Gasteiger partial charge < -0.3 is 10.4 Å². The van der Waals surface area contributed by atoms with E-state index in [1.165, 1.54) is 10.9 Å². The monoisotopic (exact) mass is 184 g/mol. The summed E-state index contributed by atoms with van der Waals surface area (Å²) in [6.07, 6.45) is 3.10. The van der Waals surface area contributed by atoms with Crippen LogP contribution in [0.5, 0.6) is 0 Å². The Labute approximate surface area is 75.6 Å². The van der Waals surface area contributed by atoms with Crippen LogP contribution in [0.1, 0.15) is 6.92 Å². The molecule has 1 aromatic heterocycles. The van der Waals surface area contributed by atoms with Gasteiger partial charge in [-0.1, -0.05) is 5.21 Å². The molecular weight excluding hydrogens is 172 g/mol. The molecule has 0 spiro atoms. The summed E-state index contributed by atoms with van der Waals surface area (Å²) in [5, 5.41) is 18.4. The third-order valence-electron chi connectivity index (χ3n) is 1.46. The number of amides is 1. The first kappa shape index (κ1) is 9.66. The van der Waals surface area contributed by atoms with Crippen LogP contribution >= 0.6 is 0 Å².